The fourth-order valence-electron chi connectivity index (χ4n) is 6.21. The second kappa shape index (κ2) is 42.4. The average molecular weight is 745 g/mol. The predicted molar refractivity (Wildman–Crippen MR) is 224 cm³/mol. The Morgan fingerprint density at radius 1 is 0.377 bits per heavy atom. The molecule has 0 spiro atoms. The number of unbranched alkanes of at least 4 members (excludes halogenated alkanes) is 23. The van der Waals surface area contributed by atoms with Crippen molar-refractivity contribution in [3.8, 4) is 0 Å². The smallest absolute Gasteiger partial charge is 0.306 e. The molecule has 0 radical (unpaired) electrons. The lowest BCUT2D eigenvalue weighted by molar-refractivity contribution is -0.167. The quantitative estimate of drug-likeness (QED) is 0.0269. The van der Waals surface area contributed by atoms with Gasteiger partial charge >= 0.3 is 17.9 Å². The molecular formula is C47H84O6. The summed E-state index contributed by atoms with van der Waals surface area (Å²) in [6.45, 7) is 6.44. The molecule has 0 bridgehead atoms. The summed E-state index contributed by atoms with van der Waals surface area (Å²) in [6, 6.07) is 0. The van der Waals surface area contributed by atoms with E-state index in [1.807, 2.05) is 0 Å². The largest absolute Gasteiger partial charge is 0.462 e. The molecule has 0 rings (SSSR count). The van der Waals surface area contributed by atoms with Crippen molar-refractivity contribution in [2.45, 2.75) is 232 Å². The fourth-order valence-corrected chi connectivity index (χ4v) is 6.21. The van der Waals surface area contributed by atoms with Crippen LogP contribution in [0.15, 0.2) is 36.5 Å². The average Bonchev–Trinajstić information content (AvgIpc) is 3.15. The van der Waals surface area contributed by atoms with Crippen LogP contribution in [0.5, 0.6) is 0 Å². The SMILES string of the molecule is CCCCCCC/C=C\C/C=C\C/C=C\CCCCCCCCCCCCC(=O)OCC(COC(=O)CCCCCCC)OC(=O)CCCCCCC. The molecule has 6 nitrogen and oxygen atoms in total. The lowest BCUT2D eigenvalue weighted by Crippen LogP contribution is -2.30. The van der Waals surface area contributed by atoms with Crippen molar-refractivity contribution in [2.75, 3.05) is 13.2 Å². The van der Waals surface area contributed by atoms with E-state index in [1.54, 1.807) is 0 Å². The molecule has 308 valence electrons. The van der Waals surface area contributed by atoms with Gasteiger partial charge in [-0.2, -0.15) is 0 Å². The summed E-state index contributed by atoms with van der Waals surface area (Å²) < 4.78 is 16.4. The highest BCUT2D eigenvalue weighted by molar-refractivity contribution is 5.71. The maximum atomic E-state index is 12.4. The second-order valence-electron chi connectivity index (χ2n) is 15.0. The van der Waals surface area contributed by atoms with Gasteiger partial charge in [0.05, 0.1) is 0 Å². The molecule has 53 heavy (non-hydrogen) atoms. The van der Waals surface area contributed by atoms with E-state index in [1.165, 1.54) is 96.3 Å². The third-order valence-corrected chi connectivity index (χ3v) is 9.65. The van der Waals surface area contributed by atoms with Crippen LogP contribution < -0.4 is 0 Å². The number of carbonyl (C=O) groups excluding carboxylic acids is 3. The molecule has 0 aliphatic heterocycles. The predicted octanol–water partition coefficient (Wildman–Crippen LogP) is 14.2. The first-order chi connectivity index (χ1) is 26.0. The van der Waals surface area contributed by atoms with Crippen LogP contribution in [0.25, 0.3) is 0 Å². The van der Waals surface area contributed by atoms with Gasteiger partial charge in [0.25, 0.3) is 0 Å². The van der Waals surface area contributed by atoms with E-state index in [-0.39, 0.29) is 31.1 Å². The van der Waals surface area contributed by atoms with Crippen LogP contribution in [0.2, 0.25) is 0 Å². The highest BCUT2D eigenvalue weighted by Gasteiger charge is 2.19. The van der Waals surface area contributed by atoms with E-state index in [0.717, 1.165) is 89.9 Å². The molecule has 0 aromatic rings. The van der Waals surface area contributed by atoms with Gasteiger partial charge in [-0.05, 0) is 57.8 Å². The summed E-state index contributed by atoms with van der Waals surface area (Å²) in [5, 5.41) is 0. The van der Waals surface area contributed by atoms with E-state index in [2.05, 4.69) is 57.2 Å². The van der Waals surface area contributed by atoms with E-state index < -0.39 is 6.10 Å². The molecule has 0 aliphatic rings. The molecule has 0 aromatic heterocycles. The van der Waals surface area contributed by atoms with Crippen LogP contribution in [-0.4, -0.2) is 37.2 Å². The maximum absolute atomic E-state index is 12.4. The van der Waals surface area contributed by atoms with Crippen LogP contribution in [0.3, 0.4) is 0 Å². The summed E-state index contributed by atoms with van der Waals surface area (Å²) >= 11 is 0. The molecule has 0 amide bonds. The summed E-state index contributed by atoms with van der Waals surface area (Å²) in [4.78, 5) is 37.1. The summed E-state index contributed by atoms with van der Waals surface area (Å²) in [5.74, 6) is -0.907. The lowest BCUT2D eigenvalue weighted by Gasteiger charge is -2.18. The molecule has 0 fully saturated rings. The molecule has 1 unspecified atom stereocenters. The Balaban J connectivity index is 3.93. The molecule has 0 heterocycles. The summed E-state index contributed by atoms with van der Waals surface area (Å²) in [6.07, 6.45) is 47.8. The van der Waals surface area contributed by atoms with Gasteiger partial charge in [0.2, 0.25) is 0 Å². The van der Waals surface area contributed by atoms with Crippen molar-refractivity contribution in [1.29, 1.82) is 0 Å². The summed E-state index contributed by atoms with van der Waals surface area (Å²) in [5.41, 5.74) is 0. The first-order valence-corrected chi connectivity index (χ1v) is 22.5. The van der Waals surface area contributed by atoms with E-state index in [4.69, 9.17) is 14.2 Å². The minimum atomic E-state index is -0.762. The van der Waals surface area contributed by atoms with Crippen molar-refractivity contribution in [2.24, 2.45) is 0 Å². The lowest BCUT2D eigenvalue weighted by atomic mass is 10.1. The Labute approximate surface area is 327 Å². The highest BCUT2D eigenvalue weighted by Crippen LogP contribution is 2.14. The number of esters is 3. The molecular weight excluding hydrogens is 661 g/mol. The van der Waals surface area contributed by atoms with Gasteiger partial charge in [-0.25, -0.2) is 0 Å². The van der Waals surface area contributed by atoms with Gasteiger partial charge in [-0.1, -0.05) is 186 Å². The molecule has 0 saturated heterocycles. The van der Waals surface area contributed by atoms with Crippen molar-refractivity contribution >= 4 is 17.9 Å². The first-order valence-electron chi connectivity index (χ1n) is 22.5. The van der Waals surface area contributed by atoms with Crippen LogP contribution in [0.1, 0.15) is 226 Å². The highest BCUT2D eigenvalue weighted by atomic mass is 16.6. The van der Waals surface area contributed by atoms with Crippen LogP contribution in [0.4, 0.5) is 0 Å². The normalized spacial score (nSPS) is 12.3. The minimum absolute atomic E-state index is 0.0741. The zero-order chi connectivity index (χ0) is 38.7. The molecule has 6 heteroatoms. The second-order valence-corrected chi connectivity index (χ2v) is 15.0. The topological polar surface area (TPSA) is 78.9 Å². The Bertz CT molecular complexity index is 907. The zero-order valence-electron chi connectivity index (χ0n) is 35.0. The van der Waals surface area contributed by atoms with E-state index in [9.17, 15) is 14.4 Å². The Hall–Kier alpha value is -2.37. The number of hydrogen-bond acceptors (Lipinski definition) is 6. The zero-order valence-corrected chi connectivity index (χ0v) is 35.0. The fraction of sp³-hybridized carbons (Fsp3) is 0.809. The third-order valence-electron chi connectivity index (χ3n) is 9.65. The monoisotopic (exact) mass is 745 g/mol. The number of ether oxygens (including phenoxy) is 3. The van der Waals surface area contributed by atoms with E-state index >= 15 is 0 Å². The standard InChI is InChI=1S/C47H84O6/c1-4-7-10-13-14-15-16-17-18-19-20-21-22-23-24-25-26-27-28-29-30-31-32-35-37-40-46(49)52-43-44(53-47(50)41-38-34-12-9-6-3)42-51-45(48)39-36-33-11-8-5-2/h16-17,19-20,22-23,44H,4-15,18,21,24-43H2,1-3H3/b17-16-,20-19-,23-22-. The first kappa shape index (κ1) is 50.6. The molecule has 0 N–H and O–H groups in total. The Morgan fingerprint density at radius 3 is 1.06 bits per heavy atom. The summed E-state index contributed by atoms with van der Waals surface area (Å²) in [7, 11) is 0. The number of allylic oxidation sites excluding steroid dienone is 6. The van der Waals surface area contributed by atoms with E-state index in [0.29, 0.717) is 19.3 Å². The van der Waals surface area contributed by atoms with Crippen LogP contribution >= 0.6 is 0 Å². The third kappa shape index (κ3) is 40.6. The number of rotatable bonds is 40. The molecule has 0 aliphatic carbocycles. The van der Waals surface area contributed by atoms with Gasteiger partial charge in [0, 0.05) is 19.3 Å². The number of carbonyl (C=O) groups is 3. The van der Waals surface area contributed by atoms with Gasteiger partial charge in [0.15, 0.2) is 6.10 Å². The van der Waals surface area contributed by atoms with Crippen molar-refractivity contribution < 1.29 is 28.6 Å². The Kier molecular flexibility index (Phi) is 40.5. The molecule has 1 atom stereocenters. The number of hydrogen-bond donors (Lipinski definition) is 0. The van der Waals surface area contributed by atoms with Gasteiger partial charge in [0.1, 0.15) is 13.2 Å². The van der Waals surface area contributed by atoms with Crippen molar-refractivity contribution in [3.05, 3.63) is 36.5 Å². The van der Waals surface area contributed by atoms with Crippen LogP contribution in [0, 0.1) is 0 Å². The van der Waals surface area contributed by atoms with Gasteiger partial charge in [-0.3, -0.25) is 14.4 Å². The minimum Gasteiger partial charge on any atom is -0.462 e. The van der Waals surface area contributed by atoms with Crippen molar-refractivity contribution in [3.63, 3.8) is 0 Å². The van der Waals surface area contributed by atoms with Gasteiger partial charge in [-0.15, -0.1) is 0 Å². The molecule has 0 aromatic carbocycles. The van der Waals surface area contributed by atoms with Crippen LogP contribution in [-0.2, 0) is 28.6 Å². The van der Waals surface area contributed by atoms with Crippen molar-refractivity contribution in [1.82, 2.24) is 0 Å². The maximum Gasteiger partial charge on any atom is 0.306 e. The Morgan fingerprint density at radius 2 is 0.679 bits per heavy atom. The van der Waals surface area contributed by atoms with Gasteiger partial charge < -0.3 is 14.2 Å². The molecule has 0 saturated carbocycles.